The van der Waals surface area contributed by atoms with Crippen LogP contribution in [0.1, 0.15) is 28.5 Å². The van der Waals surface area contributed by atoms with Crippen LogP contribution < -0.4 is 0 Å². The molecule has 0 spiro atoms. The van der Waals surface area contributed by atoms with E-state index < -0.39 is 6.29 Å². The van der Waals surface area contributed by atoms with E-state index in [2.05, 4.69) is 22.3 Å². The lowest BCUT2D eigenvalue weighted by atomic mass is 10.1. The highest BCUT2D eigenvalue weighted by Gasteiger charge is 2.23. The fourth-order valence-electron chi connectivity index (χ4n) is 3.11. The van der Waals surface area contributed by atoms with E-state index in [9.17, 15) is 10.2 Å². The van der Waals surface area contributed by atoms with Crippen LogP contribution in [-0.4, -0.2) is 22.1 Å². The Kier molecular flexibility index (Phi) is 3.98. The third-order valence-corrected chi connectivity index (χ3v) is 4.28. The van der Waals surface area contributed by atoms with E-state index in [1.807, 2.05) is 42.5 Å². The lowest BCUT2D eigenvalue weighted by Crippen LogP contribution is -2.00. The minimum absolute atomic E-state index is 0.402. The molecule has 4 heteroatoms. The molecule has 0 bridgehead atoms. The summed E-state index contributed by atoms with van der Waals surface area (Å²) in [5.74, 6) is 0. The molecule has 3 aromatic carbocycles. The van der Waals surface area contributed by atoms with Crippen LogP contribution in [0.5, 0.6) is 0 Å². The van der Waals surface area contributed by atoms with E-state index in [-0.39, 0.29) is 0 Å². The smallest absolute Gasteiger partial charge is 0.179 e. The zero-order chi connectivity index (χ0) is 17.2. The molecular formula is C21H16N2O2. The van der Waals surface area contributed by atoms with Gasteiger partial charge in [-0.25, -0.2) is 0 Å². The van der Waals surface area contributed by atoms with Crippen LogP contribution >= 0.6 is 0 Å². The van der Waals surface area contributed by atoms with Crippen molar-refractivity contribution in [2.45, 2.75) is 6.29 Å². The number of hydrogen-bond acceptors (Lipinski definition) is 4. The summed E-state index contributed by atoms with van der Waals surface area (Å²) in [6.45, 7) is 0. The molecule has 0 atom stereocenters. The summed E-state index contributed by atoms with van der Waals surface area (Å²) in [5, 5.41) is 27.5. The highest BCUT2D eigenvalue weighted by molar-refractivity contribution is 6.24. The van der Waals surface area contributed by atoms with Gasteiger partial charge in [-0.3, -0.25) is 0 Å². The number of rotatable bonds is 3. The number of benzene rings is 3. The summed E-state index contributed by atoms with van der Waals surface area (Å²) in [7, 11) is 0. The first-order valence-electron chi connectivity index (χ1n) is 8.01. The molecule has 0 unspecified atom stereocenters. The first kappa shape index (κ1) is 15.4. The van der Waals surface area contributed by atoms with Crippen molar-refractivity contribution >= 4 is 11.9 Å². The lowest BCUT2D eigenvalue weighted by molar-refractivity contribution is -0.0425. The summed E-state index contributed by atoms with van der Waals surface area (Å²) in [6.07, 6.45) is 0.00827. The van der Waals surface area contributed by atoms with E-state index in [1.165, 1.54) is 0 Å². The summed E-state index contributed by atoms with van der Waals surface area (Å²) in [5.41, 5.74) is 6.26. The Morgan fingerprint density at radius 2 is 1.20 bits per heavy atom. The molecule has 0 amide bonds. The van der Waals surface area contributed by atoms with Gasteiger partial charge in [0.25, 0.3) is 0 Å². The Morgan fingerprint density at radius 1 is 0.680 bits per heavy atom. The van der Waals surface area contributed by atoms with Crippen LogP contribution in [-0.2, 0) is 0 Å². The van der Waals surface area contributed by atoms with Crippen molar-refractivity contribution in [3.8, 4) is 11.1 Å². The van der Waals surface area contributed by atoms with Gasteiger partial charge in [-0.15, -0.1) is 5.10 Å². The van der Waals surface area contributed by atoms with Gasteiger partial charge in [0.05, 0.1) is 6.21 Å². The molecule has 0 aliphatic heterocycles. The third kappa shape index (κ3) is 2.78. The molecule has 25 heavy (non-hydrogen) atoms. The minimum atomic E-state index is -1.54. The minimum Gasteiger partial charge on any atom is -0.364 e. The Bertz CT molecular complexity index is 943. The van der Waals surface area contributed by atoms with Gasteiger partial charge in [0, 0.05) is 22.3 Å². The highest BCUT2D eigenvalue weighted by Crippen LogP contribution is 2.36. The molecule has 0 saturated heterocycles. The second-order valence-electron chi connectivity index (χ2n) is 5.79. The topological polar surface area (TPSA) is 65.2 Å². The maximum atomic E-state index is 9.43. The van der Waals surface area contributed by atoms with Crippen molar-refractivity contribution in [1.82, 2.24) is 0 Å². The van der Waals surface area contributed by atoms with Crippen LogP contribution in [0.2, 0.25) is 0 Å². The summed E-state index contributed by atoms with van der Waals surface area (Å²) in [6, 6.07) is 23.2. The molecular weight excluding hydrogens is 312 g/mol. The van der Waals surface area contributed by atoms with Crippen LogP contribution in [0.25, 0.3) is 11.1 Å². The van der Waals surface area contributed by atoms with Gasteiger partial charge in [-0.1, -0.05) is 72.8 Å². The second-order valence-corrected chi connectivity index (χ2v) is 5.79. The van der Waals surface area contributed by atoms with Gasteiger partial charge in [-0.05, 0) is 11.1 Å². The first-order chi connectivity index (χ1) is 12.3. The first-order valence-corrected chi connectivity index (χ1v) is 8.01. The number of nitrogens with zero attached hydrogens (tertiary/aromatic N) is 2. The average molecular weight is 328 g/mol. The summed E-state index contributed by atoms with van der Waals surface area (Å²) >= 11 is 0. The Balaban J connectivity index is 1.76. The van der Waals surface area contributed by atoms with Gasteiger partial charge >= 0.3 is 0 Å². The van der Waals surface area contributed by atoms with E-state index in [1.54, 1.807) is 24.4 Å². The van der Waals surface area contributed by atoms with Crippen molar-refractivity contribution in [3.63, 3.8) is 0 Å². The number of hydrogen-bond donors (Lipinski definition) is 2. The van der Waals surface area contributed by atoms with Gasteiger partial charge in [-0.2, -0.15) is 5.10 Å². The van der Waals surface area contributed by atoms with Crippen molar-refractivity contribution < 1.29 is 10.2 Å². The largest absolute Gasteiger partial charge is 0.364 e. The van der Waals surface area contributed by atoms with Crippen molar-refractivity contribution in [1.29, 1.82) is 0 Å². The lowest BCUT2D eigenvalue weighted by Gasteiger charge is -2.06. The Morgan fingerprint density at radius 3 is 1.80 bits per heavy atom. The SMILES string of the molecule is OC(O)c1ccccc1/C=N\N=C1c2ccccc2-c2ccccc21. The van der Waals surface area contributed by atoms with Gasteiger partial charge < -0.3 is 10.2 Å². The Labute approximate surface area is 145 Å². The molecule has 0 saturated carbocycles. The monoisotopic (exact) mass is 328 g/mol. The van der Waals surface area contributed by atoms with Gasteiger partial charge in [0.15, 0.2) is 6.29 Å². The number of fused-ring (bicyclic) bond motifs is 3. The molecule has 0 heterocycles. The van der Waals surface area contributed by atoms with Gasteiger partial charge in [0.2, 0.25) is 0 Å². The molecule has 0 fully saturated rings. The fraction of sp³-hybridized carbons (Fsp3) is 0.0476. The molecule has 1 aliphatic carbocycles. The predicted octanol–water partition coefficient (Wildman–Crippen LogP) is 3.52. The normalized spacial score (nSPS) is 12.5. The standard InChI is InChI=1S/C21H16N2O2/c24-21(25)15-8-2-1-7-14(15)13-22-23-20-18-11-5-3-9-16(18)17-10-4-6-12-19(17)20/h1-13,21,24-25H/b22-13-. The zero-order valence-corrected chi connectivity index (χ0v) is 13.4. The molecule has 1 aliphatic rings. The van der Waals surface area contributed by atoms with Crippen LogP contribution in [0, 0.1) is 0 Å². The molecule has 122 valence electrons. The summed E-state index contributed by atoms with van der Waals surface area (Å²) < 4.78 is 0. The van der Waals surface area contributed by atoms with Gasteiger partial charge in [0.1, 0.15) is 5.71 Å². The van der Waals surface area contributed by atoms with E-state index >= 15 is 0 Å². The van der Waals surface area contributed by atoms with E-state index in [0.717, 1.165) is 28.0 Å². The second kappa shape index (κ2) is 6.43. The summed E-state index contributed by atoms with van der Waals surface area (Å²) in [4.78, 5) is 0. The van der Waals surface area contributed by atoms with E-state index in [0.29, 0.717) is 11.1 Å². The molecule has 3 aromatic rings. The molecule has 2 N–H and O–H groups in total. The number of aliphatic hydroxyl groups excluding tert-OH is 1. The molecule has 4 nitrogen and oxygen atoms in total. The van der Waals surface area contributed by atoms with E-state index in [4.69, 9.17) is 0 Å². The highest BCUT2D eigenvalue weighted by atomic mass is 16.5. The van der Waals surface area contributed by atoms with Crippen LogP contribution in [0.3, 0.4) is 0 Å². The van der Waals surface area contributed by atoms with Crippen molar-refractivity contribution in [2.24, 2.45) is 10.2 Å². The third-order valence-electron chi connectivity index (χ3n) is 4.28. The Hall–Kier alpha value is -3.08. The number of aliphatic hydroxyl groups is 2. The fourth-order valence-corrected chi connectivity index (χ4v) is 3.11. The quantitative estimate of drug-likeness (QED) is 0.343. The van der Waals surface area contributed by atoms with Crippen LogP contribution in [0.4, 0.5) is 0 Å². The average Bonchev–Trinajstić information content (AvgIpc) is 2.96. The maximum Gasteiger partial charge on any atom is 0.179 e. The maximum absolute atomic E-state index is 9.43. The molecule has 0 aromatic heterocycles. The zero-order valence-electron chi connectivity index (χ0n) is 13.4. The van der Waals surface area contributed by atoms with Crippen LogP contribution in [0.15, 0.2) is 83.0 Å². The molecule has 0 radical (unpaired) electrons. The van der Waals surface area contributed by atoms with Crippen molar-refractivity contribution in [2.75, 3.05) is 0 Å². The predicted molar refractivity (Wildman–Crippen MR) is 98.7 cm³/mol. The van der Waals surface area contributed by atoms with Crippen molar-refractivity contribution in [3.05, 3.63) is 95.1 Å². The molecule has 4 rings (SSSR count).